The van der Waals surface area contributed by atoms with Gasteiger partial charge in [0, 0.05) is 13.1 Å². The van der Waals surface area contributed by atoms with E-state index in [-0.39, 0.29) is 5.75 Å². The lowest BCUT2D eigenvalue weighted by atomic mass is 9.95. The quantitative estimate of drug-likeness (QED) is 0.851. The molecule has 19 heavy (non-hydrogen) atoms. The Bertz CT molecular complexity index is 484. The summed E-state index contributed by atoms with van der Waals surface area (Å²) in [5.41, 5.74) is 1.26. The van der Waals surface area contributed by atoms with E-state index in [1.165, 1.54) is 5.56 Å². The Hall–Kier alpha value is -0.870. The van der Waals surface area contributed by atoms with Crippen LogP contribution in [0, 0.1) is 0 Å². The lowest BCUT2D eigenvalue weighted by Gasteiger charge is -2.24. The molecular formula is C15H23NO2S. The van der Waals surface area contributed by atoms with Gasteiger partial charge in [-0.05, 0) is 30.7 Å². The molecule has 4 heteroatoms. The highest BCUT2D eigenvalue weighted by molar-refractivity contribution is 7.89. The van der Waals surface area contributed by atoms with Gasteiger partial charge in [-0.3, -0.25) is 0 Å². The van der Waals surface area contributed by atoms with Crippen LogP contribution in [-0.2, 0) is 10.0 Å². The average Bonchev–Trinajstić information content (AvgIpc) is 2.66. The normalized spacial score (nSPS) is 22.1. The van der Waals surface area contributed by atoms with Gasteiger partial charge in [0.05, 0.1) is 5.75 Å². The summed E-state index contributed by atoms with van der Waals surface area (Å²) < 4.78 is 26.2. The van der Waals surface area contributed by atoms with Crippen LogP contribution in [-0.4, -0.2) is 31.6 Å². The summed E-state index contributed by atoms with van der Waals surface area (Å²) in [6.45, 7) is 3.25. The standard InChI is InChI=1S/C15H23NO2S/c1-2-12-19(17,18)16-11-7-6-10-15(13-16)14-8-4-3-5-9-14/h3-5,8-9,15H,2,6-7,10-13H2,1H3. The predicted molar refractivity (Wildman–Crippen MR) is 78.7 cm³/mol. The Morgan fingerprint density at radius 3 is 2.63 bits per heavy atom. The van der Waals surface area contributed by atoms with Crippen LogP contribution >= 0.6 is 0 Å². The first kappa shape index (κ1) is 14.5. The van der Waals surface area contributed by atoms with Crippen LogP contribution in [0.2, 0.25) is 0 Å². The number of benzene rings is 1. The molecule has 1 fully saturated rings. The summed E-state index contributed by atoms with van der Waals surface area (Å²) in [6.07, 6.45) is 3.86. The molecule has 0 saturated carbocycles. The van der Waals surface area contributed by atoms with Gasteiger partial charge in [-0.15, -0.1) is 0 Å². The summed E-state index contributed by atoms with van der Waals surface area (Å²) in [5.74, 6) is 0.615. The molecule has 0 spiro atoms. The van der Waals surface area contributed by atoms with Crippen molar-refractivity contribution in [1.82, 2.24) is 4.31 Å². The van der Waals surface area contributed by atoms with Crippen molar-refractivity contribution in [1.29, 1.82) is 0 Å². The highest BCUT2D eigenvalue weighted by atomic mass is 32.2. The lowest BCUT2D eigenvalue weighted by Crippen LogP contribution is -2.35. The van der Waals surface area contributed by atoms with Crippen LogP contribution in [0.1, 0.15) is 44.1 Å². The number of hydrogen-bond donors (Lipinski definition) is 0. The molecule has 1 aromatic rings. The van der Waals surface area contributed by atoms with E-state index >= 15 is 0 Å². The molecule has 0 aliphatic carbocycles. The summed E-state index contributed by atoms with van der Waals surface area (Å²) in [4.78, 5) is 0. The number of nitrogens with zero attached hydrogens (tertiary/aromatic N) is 1. The fourth-order valence-corrected chi connectivity index (χ4v) is 4.33. The molecule has 0 N–H and O–H groups in total. The molecule has 0 bridgehead atoms. The highest BCUT2D eigenvalue weighted by Crippen LogP contribution is 2.27. The monoisotopic (exact) mass is 281 g/mol. The van der Waals surface area contributed by atoms with E-state index in [9.17, 15) is 8.42 Å². The molecular weight excluding hydrogens is 258 g/mol. The van der Waals surface area contributed by atoms with Crippen LogP contribution in [0.15, 0.2) is 30.3 Å². The first-order chi connectivity index (χ1) is 9.13. The van der Waals surface area contributed by atoms with Crippen molar-refractivity contribution < 1.29 is 8.42 Å². The van der Waals surface area contributed by atoms with E-state index in [1.54, 1.807) is 4.31 Å². The largest absolute Gasteiger partial charge is 0.214 e. The van der Waals surface area contributed by atoms with Crippen molar-refractivity contribution in [2.24, 2.45) is 0 Å². The fraction of sp³-hybridized carbons (Fsp3) is 0.600. The predicted octanol–water partition coefficient (Wildman–Crippen LogP) is 3.00. The van der Waals surface area contributed by atoms with E-state index in [0.29, 0.717) is 25.4 Å². The zero-order valence-corrected chi connectivity index (χ0v) is 12.4. The SMILES string of the molecule is CCCS(=O)(=O)N1CCCCC(c2ccccc2)C1. The smallest absolute Gasteiger partial charge is 0.212 e. The van der Waals surface area contributed by atoms with Gasteiger partial charge in [-0.25, -0.2) is 12.7 Å². The fourth-order valence-electron chi connectivity index (χ4n) is 2.74. The van der Waals surface area contributed by atoms with Gasteiger partial charge in [0.1, 0.15) is 0 Å². The first-order valence-corrected chi connectivity index (χ1v) is 8.77. The molecule has 1 unspecified atom stereocenters. The number of sulfonamides is 1. The molecule has 1 saturated heterocycles. The van der Waals surface area contributed by atoms with Crippen molar-refractivity contribution in [3.8, 4) is 0 Å². The second-order valence-electron chi connectivity index (χ2n) is 5.28. The Morgan fingerprint density at radius 2 is 1.95 bits per heavy atom. The van der Waals surface area contributed by atoms with Crippen LogP contribution in [0.3, 0.4) is 0 Å². The molecule has 0 radical (unpaired) electrons. The zero-order valence-electron chi connectivity index (χ0n) is 11.6. The molecule has 0 aromatic heterocycles. The third-order valence-corrected chi connectivity index (χ3v) is 5.80. The molecule has 1 atom stereocenters. The van der Waals surface area contributed by atoms with Gasteiger partial charge in [0.2, 0.25) is 10.0 Å². The third-order valence-electron chi connectivity index (χ3n) is 3.76. The number of hydrogen-bond acceptors (Lipinski definition) is 2. The van der Waals surface area contributed by atoms with Crippen molar-refractivity contribution in [3.05, 3.63) is 35.9 Å². The topological polar surface area (TPSA) is 37.4 Å². The summed E-state index contributed by atoms with van der Waals surface area (Å²) in [5, 5.41) is 0. The van der Waals surface area contributed by atoms with Crippen molar-refractivity contribution >= 4 is 10.0 Å². The van der Waals surface area contributed by atoms with Gasteiger partial charge < -0.3 is 0 Å². The maximum Gasteiger partial charge on any atom is 0.214 e. The Morgan fingerprint density at radius 1 is 1.21 bits per heavy atom. The summed E-state index contributed by atoms with van der Waals surface area (Å²) >= 11 is 0. The second-order valence-corrected chi connectivity index (χ2v) is 7.37. The van der Waals surface area contributed by atoms with E-state index in [1.807, 2.05) is 25.1 Å². The molecule has 1 aromatic carbocycles. The third kappa shape index (κ3) is 3.80. The zero-order chi connectivity index (χ0) is 13.7. The van der Waals surface area contributed by atoms with Crippen LogP contribution in [0.25, 0.3) is 0 Å². The summed E-state index contributed by atoms with van der Waals surface area (Å²) in [6, 6.07) is 10.3. The summed E-state index contributed by atoms with van der Waals surface area (Å²) in [7, 11) is -3.06. The van der Waals surface area contributed by atoms with Crippen LogP contribution in [0.4, 0.5) is 0 Å². The van der Waals surface area contributed by atoms with E-state index in [4.69, 9.17) is 0 Å². The van der Waals surface area contributed by atoms with Crippen LogP contribution in [0.5, 0.6) is 0 Å². The van der Waals surface area contributed by atoms with E-state index < -0.39 is 10.0 Å². The Balaban J connectivity index is 2.15. The minimum Gasteiger partial charge on any atom is -0.212 e. The molecule has 3 nitrogen and oxygen atoms in total. The first-order valence-electron chi connectivity index (χ1n) is 7.16. The lowest BCUT2D eigenvalue weighted by molar-refractivity contribution is 0.406. The van der Waals surface area contributed by atoms with Gasteiger partial charge in [0.25, 0.3) is 0 Å². The Labute approximate surface area is 116 Å². The Kier molecular flexibility index (Phi) is 4.99. The minimum atomic E-state index is -3.06. The van der Waals surface area contributed by atoms with E-state index in [2.05, 4.69) is 12.1 Å². The average molecular weight is 281 g/mol. The maximum absolute atomic E-state index is 12.2. The minimum absolute atomic E-state index is 0.272. The second kappa shape index (κ2) is 6.53. The van der Waals surface area contributed by atoms with Crippen molar-refractivity contribution in [2.45, 2.75) is 38.5 Å². The van der Waals surface area contributed by atoms with E-state index in [0.717, 1.165) is 19.3 Å². The number of rotatable bonds is 4. The highest BCUT2D eigenvalue weighted by Gasteiger charge is 2.27. The van der Waals surface area contributed by atoms with Gasteiger partial charge >= 0.3 is 0 Å². The molecule has 0 amide bonds. The molecule has 1 aliphatic rings. The van der Waals surface area contributed by atoms with Crippen molar-refractivity contribution in [2.75, 3.05) is 18.8 Å². The van der Waals surface area contributed by atoms with Crippen LogP contribution < -0.4 is 0 Å². The van der Waals surface area contributed by atoms with Gasteiger partial charge in [-0.2, -0.15) is 0 Å². The van der Waals surface area contributed by atoms with Crippen molar-refractivity contribution in [3.63, 3.8) is 0 Å². The maximum atomic E-state index is 12.2. The molecule has 1 aliphatic heterocycles. The molecule has 2 rings (SSSR count). The van der Waals surface area contributed by atoms with Gasteiger partial charge in [-0.1, -0.05) is 43.7 Å². The molecule has 1 heterocycles. The van der Waals surface area contributed by atoms with Gasteiger partial charge in [0.15, 0.2) is 0 Å². The molecule has 106 valence electrons.